The van der Waals surface area contributed by atoms with Crippen molar-refractivity contribution in [2.75, 3.05) is 0 Å². The van der Waals surface area contributed by atoms with Crippen LogP contribution >= 0.6 is 15.9 Å². The molecule has 0 aliphatic carbocycles. The summed E-state index contributed by atoms with van der Waals surface area (Å²) in [6.45, 7) is 1.77. The number of nitriles is 1. The Morgan fingerprint density at radius 1 is 1.62 bits per heavy atom. The van der Waals surface area contributed by atoms with E-state index < -0.39 is 0 Å². The van der Waals surface area contributed by atoms with Crippen molar-refractivity contribution in [1.29, 1.82) is 5.26 Å². The van der Waals surface area contributed by atoms with Gasteiger partial charge in [-0.25, -0.2) is 0 Å². The van der Waals surface area contributed by atoms with Crippen molar-refractivity contribution in [3.63, 3.8) is 0 Å². The van der Waals surface area contributed by atoms with Crippen LogP contribution in [0.4, 0.5) is 0 Å². The molecule has 2 nitrogen and oxygen atoms in total. The second-order valence-electron chi connectivity index (χ2n) is 2.67. The Kier molecular flexibility index (Phi) is 3.21. The molecule has 0 bridgehead atoms. The number of nitrogens with zero attached hydrogens (tertiary/aromatic N) is 1. The van der Waals surface area contributed by atoms with Crippen molar-refractivity contribution in [3.8, 4) is 6.07 Å². The number of carbonyl (C=O) groups excluding carboxylic acids is 1. The average Bonchev–Trinajstić information content (AvgIpc) is 2.16. The first kappa shape index (κ1) is 9.94. The standard InChI is InChI=1S/C10H8BrNO/c1-7(11)10(13)9-4-2-3-8(5-9)6-12/h2-5,7H,1H3. The summed E-state index contributed by atoms with van der Waals surface area (Å²) in [6.07, 6.45) is 0. The topological polar surface area (TPSA) is 40.9 Å². The van der Waals surface area contributed by atoms with Crippen LogP contribution in [0.2, 0.25) is 0 Å². The highest BCUT2D eigenvalue weighted by atomic mass is 79.9. The Bertz CT molecular complexity index is 365. The minimum Gasteiger partial charge on any atom is -0.293 e. The van der Waals surface area contributed by atoms with Gasteiger partial charge >= 0.3 is 0 Å². The molecule has 66 valence electrons. The molecule has 0 radical (unpaired) electrons. The third kappa shape index (κ3) is 2.40. The zero-order valence-corrected chi connectivity index (χ0v) is 8.71. The van der Waals surface area contributed by atoms with Gasteiger partial charge in [0, 0.05) is 5.56 Å². The minimum absolute atomic E-state index is 0.00269. The SMILES string of the molecule is CC(Br)C(=O)c1cccc(C#N)c1. The number of alkyl halides is 1. The van der Waals surface area contributed by atoms with Gasteiger partial charge in [-0.05, 0) is 19.1 Å². The van der Waals surface area contributed by atoms with Gasteiger partial charge in [0.25, 0.3) is 0 Å². The summed E-state index contributed by atoms with van der Waals surface area (Å²) in [5.74, 6) is -0.00269. The second kappa shape index (κ2) is 4.20. The van der Waals surface area contributed by atoms with Crippen molar-refractivity contribution in [2.24, 2.45) is 0 Å². The number of halogens is 1. The lowest BCUT2D eigenvalue weighted by molar-refractivity contribution is 0.0996. The Morgan fingerprint density at radius 3 is 2.85 bits per heavy atom. The molecule has 0 heterocycles. The summed E-state index contributed by atoms with van der Waals surface area (Å²) in [5, 5.41) is 8.61. The van der Waals surface area contributed by atoms with Gasteiger partial charge in [-0.15, -0.1) is 0 Å². The summed E-state index contributed by atoms with van der Waals surface area (Å²) in [4.78, 5) is 11.2. The lowest BCUT2D eigenvalue weighted by atomic mass is 10.1. The molecule has 0 saturated carbocycles. The molecule has 3 heteroatoms. The molecular weight excluding hydrogens is 230 g/mol. The van der Waals surface area contributed by atoms with E-state index in [0.717, 1.165) is 0 Å². The molecule has 1 rings (SSSR count). The van der Waals surface area contributed by atoms with Crippen LogP contribution in [-0.2, 0) is 0 Å². The molecule has 0 N–H and O–H groups in total. The number of carbonyl (C=O) groups is 1. The number of benzene rings is 1. The highest BCUT2D eigenvalue weighted by Crippen LogP contribution is 2.11. The van der Waals surface area contributed by atoms with E-state index in [1.54, 1.807) is 31.2 Å². The van der Waals surface area contributed by atoms with Gasteiger partial charge in [-0.1, -0.05) is 28.1 Å². The summed E-state index contributed by atoms with van der Waals surface area (Å²) >= 11 is 3.19. The molecular formula is C10H8BrNO. The molecule has 0 saturated heterocycles. The molecule has 13 heavy (non-hydrogen) atoms. The number of hydrogen-bond donors (Lipinski definition) is 0. The number of hydrogen-bond acceptors (Lipinski definition) is 2. The van der Waals surface area contributed by atoms with E-state index in [1.807, 2.05) is 6.07 Å². The van der Waals surface area contributed by atoms with Crippen LogP contribution in [0.5, 0.6) is 0 Å². The fraction of sp³-hybridized carbons (Fsp3) is 0.200. The van der Waals surface area contributed by atoms with Gasteiger partial charge < -0.3 is 0 Å². The van der Waals surface area contributed by atoms with E-state index in [1.165, 1.54) is 0 Å². The third-order valence-electron chi connectivity index (χ3n) is 1.64. The largest absolute Gasteiger partial charge is 0.293 e. The first-order chi connectivity index (χ1) is 6.15. The van der Waals surface area contributed by atoms with Crippen LogP contribution in [-0.4, -0.2) is 10.6 Å². The van der Waals surface area contributed by atoms with Gasteiger partial charge in [-0.3, -0.25) is 4.79 Å². The van der Waals surface area contributed by atoms with Gasteiger partial charge in [0.15, 0.2) is 5.78 Å². The number of rotatable bonds is 2. The van der Waals surface area contributed by atoms with Crippen LogP contribution in [0, 0.1) is 11.3 Å². The van der Waals surface area contributed by atoms with Gasteiger partial charge in [-0.2, -0.15) is 5.26 Å². The maximum atomic E-state index is 11.5. The van der Waals surface area contributed by atoms with E-state index in [4.69, 9.17) is 5.26 Å². The molecule has 1 aromatic carbocycles. The van der Waals surface area contributed by atoms with Crippen molar-refractivity contribution < 1.29 is 4.79 Å². The molecule has 0 fully saturated rings. The quantitative estimate of drug-likeness (QED) is 0.586. The fourth-order valence-corrected chi connectivity index (χ4v) is 1.24. The zero-order chi connectivity index (χ0) is 9.84. The van der Waals surface area contributed by atoms with Crippen LogP contribution in [0.25, 0.3) is 0 Å². The van der Waals surface area contributed by atoms with Crippen molar-refractivity contribution in [1.82, 2.24) is 0 Å². The maximum absolute atomic E-state index is 11.5. The predicted octanol–water partition coefficient (Wildman–Crippen LogP) is 2.52. The third-order valence-corrected chi connectivity index (χ3v) is 2.05. The van der Waals surface area contributed by atoms with Gasteiger partial charge in [0.2, 0.25) is 0 Å². The van der Waals surface area contributed by atoms with Crippen LogP contribution in [0.1, 0.15) is 22.8 Å². The average molecular weight is 238 g/mol. The van der Waals surface area contributed by atoms with E-state index in [2.05, 4.69) is 15.9 Å². The first-order valence-corrected chi connectivity index (χ1v) is 4.75. The fourth-order valence-electron chi connectivity index (χ4n) is 0.972. The first-order valence-electron chi connectivity index (χ1n) is 3.83. The molecule has 1 unspecified atom stereocenters. The zero-order valence-electron chi connectivity index (χ0n) is 7.12. The van der Waals surface area contributed by atoms with Gasteiger partial charge in [0.05, 0.1) is 16.5 Å². The highest BCUT2D eigenvalue weighted by molar-refractivity contribution is 9.10. The normalized spacial score (nSPS) is 11.8. The Balaban J connectivity index is 3.04. The van der Waals surface area contributed by atoms with Crippen LogP contribution < -0.4 is 0 Å². The highest BCUT2D eigenvalue weighted by Gasteiger charge is 2.11. The second-order valence-corrected chi connectivity index (χ2v) is 4.05. The lowest BCUT2D eigenvalue weighted by Gasteiger charge is -2.01. The van der Waals surface area contributed by atoms with Gasteiger partial charge in [0.1, 0.15) is 0 Å². The van der Waals surface area contributed by atoms with Crippen molar-refractivity contribution in [3.05, 3.63) is 35.4 Å². The van der Waals surface area contributed by atoms with Crippen molar-refractivity contribution >= 4 is 21.7 Å². The number of ketones is 1. The molecule has 0 aliphatic heterocycles. The smallest absolute Gasteiger partial charge is 0.176 e. The molecule has 0 amide bonds. The van der Waals surface area contributed by atoms with E-state index >= 15 is 0 Å². The monoisotopic (exact) mass is 237 g/mol. The lowest BCUT2D eigenvalue weighted by Crippen LogP contribution is -2.09. The molecule has 1 atom stereocenters. The molecule has 1 aromatic rings. The minimum atomic E-state index is -0.207. The summed E-state index contributed by atoms with van der Waals surface area (Å²) in [7, 11) is 0. The Labute approximate surface area is 85.3 Å². The van der Waals surface area contributed by atoms with E-state index in [0.29, 0.717) is 11.1 Å². The Hall–Kier alpha value is -1.14. The molecule has 0 aromatic heterocycles. The summed E-state index contributed by atoms with van der Waals surface area (Å²) in [6, 6.07) is 8.69. The summed E-state index contributed by atoms with van der Waals surface area (Å²) < 4.78 is 0. The summed E-state index contributed by atoms with van der Waals surface area (Å²) in [5.41, 5.74) is 1.09. The van der Waals surface area contributed by atoms with Crippen LogP contribution in [0.3, 0.4) is 0 Å². The van der Waals surface area contributed by atoms with Crippen molar-refractivity contribution in [2.45, 2.75) is 11.8 Å². The Morgan fingerprint density at radius 2 is 2.31 bits per heavy atom. The van der Waals surface area contributed by atoms with E-state index in [-0.39, 0.29) is 10.6 Å². The predicted molar refractivity (Wildman–Crippen MR) is 53.9 cm³/mol. The van der Waals surface area contributed by atoms with Crippen LogP contribution in [0.15, 0.2) is 24.3 Å². The van der Waals surface area contributed by atoms with E-state index in [9.17, 15) is 4.79 Å². The molecule has 0 aliphatic rings. The number of Topliss-reactive ketones (excluding diaryl/α,β-unsaturated/α-hetero) is 1. The maximum Gasteiger partial charge on any atom is 0.176 e. The molecule has 0 spiro atoms.